The summed E-state index contributed by atoms with van der Waals surface area (Å²) in [6.07, 6.45) is 2.91. The van der Waals surface area contributed by atoms with Gasteiger partial charge in [-0.2, -0.15) is 0 Å². The molecule has 3 N–H and O–H groups in total. The summed E-state index contributed by atoms with van der Waals surface area (Å²) in [6.45, 7) is 6.35. The van der Waals surface area contributed by atoms with Crippen LogP contribution in [0.2, 0.25) is 0 Å². The second kappa shape index (κ2) is 5.17. The number of nitrogen functional groups attached to an aromatic ring is 1. The van der Waals surface area contributed by atoms with Gasteiger partial charge in [-0.05, 0) is 18.9 Å². The van der Waals surface area contributed by atoms with E-state index < -0.39 is 0 Å². The third-order valence-electron chi connectivity index (χ3n) is 1.94. The molecule has 1 heterocycles. The average Bonchev–Trinajstić information content (AvgIpc) is 2.21. The molecular weight excluding hydrogens is 196 g/mol. The van der Waals surface area contributed by atoms with E-state index in [1.807, 2.05) is 6.92 Å². The molecule has 4 nitrogen and oxygen atoms in total. The summed E-state index contributed by atoms with van der Waals surface area (Å²) in [4.78, 5) is 8.32. The third kappa shape index (κ3) is 2.85. The fraction of sp³-hybridized carbons (Fsp3) is 0.556. The van der Waals surface area contributed by atoms with E-state index in [0.29, 0.717) is 11.2 Å². The Hall–Kier alpha value is -0.810. The van der Waals surface area contributed by atoms with Gasteiger partial charge in [-0.1, -0.05) is 13.8 Å². The molecule has 0 amide bonds. The first-order chi connectivity index (χ1) is 6.67. The summed E-state index contributed by atoms with van der Waals surface area (Å²) in [5, 5.41) is 1.57. The van der Waals surface area contributed by atoms with E-state index in [1.165, 1.54) is 0 Å². The van der Waals surface area contributed by atoms with Gasteiger partial charge in [-0.15, -0.1) is 11.8 Å². The van der Waals surface area contributed by atoms with Gasteiger partial charge in [0, 0.05) is 11.4 Å². The standard InChI is InChI=1S/C9H16N4S/c1-4-7(3)14-8-6(2)5-11-9(12-8)13-10/h5,7H,4,10H2,1-3H3,(H,11,12,13). The molecule has 0 aliphatic heterocycles. The van der Waals surface area contributed by atoms with E-state index in [2.05, 4.69) is 29.2 Å². The number of hydrazine groups is 1. The van der Waals surface area contributed by atoms with Gasteiger partial charge < -0.3 is 0 Å². The minimum Gasteiger partial charge on any atom is -0.292 e. The van der Waals surface area contributed by atoms with Gasteiger partial charge in [0.15, 0.2) is 0 Å². The van der Waals surface area contributed by atoms with Crippen LogP contribution >= 0.6 is 11.8 Å². The lowest BCUT2D eigenvalue weighted by Gasteiger charge is -2.10. The van der Waals surface area contributed by atoms with Crippen LogP contribution in [0.25, 0.3) is 0 Å². The Labute approximate surface area is 88.7 Å². The molecule has 0 aromatic carbocycles. The predicted octanol–water partition coefficient (Wildman–Crippen LogP) is 1.96. The molecule has 0 aliphatic carbocycles. The van der Waals surface area contributed by atoms with Gasteiger partial charge in [-0.3, -0.25) is 5.43 Å². The molecule has 0 radical (unpaired) electrons. The van der Waals surface area contributed by atoms with Crippen molar-refractivity contribution in [1.29, 1.82) is 0 Å². The van der Waals surface area contributed by atoms with Gasteiger partial charge in [0.1, 0.15) is 5.03 Å². The Morgan fingerprint density at radius 2 is 2.36 bits per heavy atom. The van der Waals surface area contributed by atoms with Crippen LogP contribution < -0.4 is 11.3 Å². The molecule has 1 atom stereocenters. The molecule has 0 saturated carbocycles. The topological polar surface area (TPSA) is 63.8 Å². The minimum atomic E-state index is 0.474. The number of hydrogen-bond donors (Lipinski definition) is 2. The number of nitrogens with one attached hydrogen (secondary N) is 1. The summed E-state index contributed by atoms with van der Waals surface area (Å²) in [7, 11) is 0. The van der Waals surface area contributed by atoms with E-state index in [0.717, 1.165) is 17.0 Å². The van der Waals surface area contributed by atoms with Crippen LogP contribution in [0.15, 0.2) is 11.2 Å². The molecule has 1 rings (SSSR count). The van der Waals surface area contributed by atoms with E-state index in [9.17, 15) is 0 Å². The van der Waals surface area contributed by atoms with Gasteiger partial charge in [0.2, 0.25) is 5.95 Å². The van der Waals surface area contributed by atoms with Crippen molar-refractivity contribution in [3.63, 3.8) is 0 Å². The molecule has 14 heavy (non-hydrogen) atoms. The number of nitrogens with two attached hydrogens (primary N) is 1. The zero-order valence-corrected chi connectivity index (χ0v) is 9.56. The molecule has 5 heteroatoms. The smallest absolute Gasteiger partial charge is 0.238 e. The Morgan fingerprint density at radius 1 is 1.64 bits per heavy atom. The summed E-state index contributed by atoms with van der Waals surface area (Å²) in [5.74, 6) is 5.72. The van der Waals surface area contributed by atoms with Crippen LogP contribution in [0.4, 0.5) is 5.95 Å². The zero-order valence-electron chi connectivity index (χ0n) is 8.74. The fourth-order valence-electron chi connectivity index (χ4n) is 0.889. The van der Waals surface area contributed by atoms with Crippen molar-refractivity contribution < 1.29 is 0 Å². The van der Waals surface area contributed by atoms with Crippen LogP contribution in [0.5, 0.6) is 0 Å². The molecule has 0 aliphatic rings. The molecular formula is C9H16N4S. The number of anilines is 1. The van der Waals surface area contributed by atoms with Crippen LogP contribution in [0, 0.1) is 6.92 Å². The van der Waals surface area contributed by atoms with Gasteiger partial charge in [0.25, 0.3) is 0 Å². The maximum absolute atomic E-state index is 5.25. The first-order valence-corrected chi connectivity index (χ1v) is 5.52. The predicted molar refractivity (Wildman–Crippen MR) is 60.2 cm³/mol. The first-order valence-electron chi connectivity index (χ1n) is 4.64. The molecule has 1 aromatic heterocycles. The molecule has 1 unspecified atom stereocenters. The van der Waals surface area contributed by atoms with Crippen LogP contribution in [-0.2, 0) is 0 Å². The number of rotatable bonds is 4. The Morgan fingerprint density at radius 3 is 2.93 bits per heavy atom. The lowest BCUT2D eigenvalue weighted by molar-refractivity contribution is 0.895. The highest BCUT2D eigenvalue weighted by atomic mass is 32.2. The van der Waals surface area contributed by atoms with Gasteiger partial charge >= 0.3 is 0 Å². The van der Waals surface area contributed by atoms with E-state index >= 15 is 0 Å². The quantitative estimate of drug-likeness (QED) is 0.346. The molecule has 1 aromatic rings. The van der Waals surface area contributed by atoms with Crippen molar-refractivity contribution in [3.8, 4) is 0 Å². The minimum absolute atomic E-state index is 0.474. The monoisotopic (exact) mass is 212 g/mol. The summed E-state index contributed by atoms with van der Waals surface area (Å²) in [5.41, 5.74) is 3.54. The lowest BCUT2D eigenvalue weighted by atomic mass is 10.4. The number of thioether (sulfide) groups is 1. The van der Waals surface area contributed by atoms with Crippen molar-refractivity contribution in [1.82, 2.24) is 9.97 Å². The number of aromatic nitrogens is 2. The largest absolute Gasteiger partial charge is 0.292 e. The highest BCUT2D eigenvalue weighted by Crippen LogP contribution is 2.26. The van der Waals surface area contributed by atoms with Crippen LogP contribution in [0.3, 0.4) is 0 Å². The second-order valence-electron chi connectivity index (χ2n) is 3.16. The van der Waals surface area contributed by atoms with E-state index in [4.69, 9.17) is 5.84 Å². The molecule has 0 saturated heterocycles. The summed E-state index contributed by atoms with van der Waals surface area (Å²) < 4.78 is 0. The Bertz CT molecular complexity index is 303. The highest BCUT2D eigenvalue weighted by molar-refractivity contribution is 7.99. The maximum atomic E-state index is 5.25. The Kier molecular flexibility index (Phi) is 4.16. The highest BCUT2D eigenvalue weighted by Gasteiger charge is 2.07. The molecule has 0 bridgehead atoms. The van der Waals surface area contributed by atoms with Crippen molar-refractivity contribution >= 4 is 17.7 Å². The summed E-state index contributed by atoms with van der Waals surface area (Å²) in [6, 6.07) is 0. The van der Waals surface area contributed by atoms with E-state index in [1.54, 1.807) is 18.0 Å². The average molecular weight is 212 g/mol. The lowest BCUT2D eigenvalue weighted by Crippen LogP contribution is -2.11. The van der Waals surface area contributed by atoms with Crippen LogP contribution in [-0.4, -0.2) is 15.2 Å². The maximum Gasteiger partial charge on any atom is 0.238 e. The molecule has 0 fully saturated rings. The number of hydrogen-bond acceptors (Lipinski definition) is 5. The van der Waals surface area contributed by atoms with Crippen LogP contribution in [0.1, 0.15) is 25.8 Å². The van der Waals surface area contributed by atoms with Gasteiger partial charge in [0.05, 0.1) is 0 Å². The first kappa shape index (κ1) is 11.3. The normalized spacial score (nSPS) is 12.6. The van der Waals surface area contributed by atoms with Crippen molar-refractivity contribution in [2.45, 2.75) is 37.5 Å². The third-order valence-corrected chi connectivity index (χ3v) is 3.31. The number of nitrogens with zero attached hydrogens (tertiary/aromatic N) is 2. The second-order valence-corrected chi connectivity index (χ2v) is 4.59. The SMILES string of the molecule is CCC(C)Sc1nc(NN)ncc1C. The zero-order chi connectivity index (χ0) is 10.6. The van der Waals surface area contributed by atoms with Crippen molar-refractivity contribution in [3.05, 3.63) is 11.8 Å². The molecule has 0 spiro atoms. The Balaban J connectivity index is 2.83. The fourth-order valence-corrected chi connectivity index (χ4v) is 1.81. The van der Waals surface area contributed by atoms with Gasteiger partial charge in [-0.25, -0.2) is 15.8 Å². The van der Waals surface area contributed by atoms with Crippen molar-refractivity contribution in [2.24, 2.45) is 5.84 Å². The van der Waals surface area contributed by atoms with E-state index in [-0.39, 0.29) is 0 Å². The number of aryl methyl sites for hydroxylation is 1. The van der Waals surface area contributed by atoms with Crippen molar-refractivity contribution in [2.75, 3.05) is 5.43 Å². The summed E-state index contributed by atoms with van der Waals surface area (Å²) >= 11 is 1.75. The molecule has 78 valence electrons.